The van der Waals surface area contributed by atoms with Gasteiger partial charge in [-0.1, -0.05) is 24.6 Å². The van der Waals surface area contributed by atoms with Crippen LogP contribution in [0.2, 0.25) is 5.02 Å². The summed E-state index contributed by atoms with van der Waals surface area (Å²) in [5.41, 5.74) is 2.02. The van der Waals surface area contributed by atoms with E-state index in [0.717, 1.165) is 30.5 Å². The maximum atomic E-state index is 13.5. The smallest absolute Gasteiger partial charge is 0.159 e. The largest absolute Gasteiger partial charge is 0.494 e. The number of carbonyl (C=O) groups excluding carboxylic acids is 1. The number of hydrogen-bond donors (Lipinski definition) is 1. The lowest BCUT2D eigenvalue weighted by atomic mass is 10.0. The van der Waals surface area contributed by atoms with E-state index in [4.69, 9.17) is 16.3 Å². The van der Waals surface area contributed by atoms with Gasteiger partial charge in [-0.05, 0) is 50.1 Å². The Hall–Kier alpha value is -3.03. The van der Waals surface area contributed by atoms with Crippen LogP contribution < -0.4 is 10.1 Å². The first kappa shape index (κ1) is 24.1. The average molecular weight is 483 g/mol. The molecule has 1 aromatic heterocycles. The molecule has 8 heteroatoms. The Morgan fingerprint density at radius 1 is 1.29 bits per heavy atom. The van der Waals surface area contributed by atoms with Gasteiger partial charge in [0.1, 0.15) is 23.7 Å². The number of likely N-dealkylation sites (tertiary alicyclic amines) is 1. The third-order valence-corrected chi connectivity index (χ3v) is 6.33. The Balaban J connectivity index is 1.57. The maximum absolute atomic E-state index is 13.5. The number of carbonyl (C=O) groups is 1. The summed E-state index contributed by atoms with van der Waals surface area (Å²) in [5.74, 6) is 0.670. The zero-order valence-corrected chi connectivity index (χ0v) is 20.1. The second kappa shape index (κ2) is 10.9. The zero-order valence-electron chi connectivity index (χ0n) is 19.4. The highest BCUT2D eigenvalue weighted by atomic mass is 35.5. The minimum Gasteiger partial charge on any atom is -0.494 e. The van der Waals surface area contributed by atoms with Crippen LogP contribution in [-0.4, -0.2) is 46.4 Å². The standard InChI is InChI=1S/C26H28ClFN4O2/c1-3-19-9-11-32(19)10-5-6-20(33)12-17-13-21-24(15-25(17)34-4-2)29-16-30-26(21)31-18-7-8-23(28)22(27)14-18/h5-8,13-16,19H,3-4,9-12H2,1-2H3,(H,29,30,31)/b6-5+/t19-/m0/s1. The molecule has 1 aliphatic heterocycles. The minimum absolute atomic E-state index is 0.00514. The first-order chi connectivity index (χ1) is 16.5. The summed E-state index contributed by atoms with van der Waals surface area (Å²) in [7, 11) is 0. The monoisotopic (exact) mass is 482 g/mol. The zero-order chi connectivity index (χ0) is 24.1. The predicted octanol–water partition coefficient (Wildman–Crippen LogP) is 5.72. The van der Waals surface area contributed by atoms with Crippen LogP contribution in [0.4, 0.5) is 15.9 Å². The van der Waals surface area contributed by atoms with Crippen molar-refractivity contribution < 1.29 is 13.9 Å². The van der Waals surface area contributed by atoms with E-state index in [-0.39, 0.29) is 17.2 Å². The molecule has 0 bridgehead atoms. The summed E-state index contributed by atoms with van der Waals surface area (Å²) in [6.45, 7) is 6.45. The van der Waals surface area contributed by atoms with Gasteiger partial charge in [0, 0.05) is 48.3 Å². The molecule has 0 saturated carbocycles. The molecule has 34 heavy (non-hydrogen) atoms. The number of nitrogens with zero attached hydrogens (tertiary/aromatic N) is 3. The second-order valence-corrected chi connectivity index (χ2v) is 8.68. The number of nitrogens with one attached hydrogen (secondary N) is 1. The number of fused-ring (bicyclic) bond motifs is 1. The van der Waals surface area contributed by atoms with Crippen LogP contribution in [0.25, 0.3) is 10.9 Å². The SMILES string of the molecule is CCOc1cc2ncnc(Nc3ccc(F)c(Cl)c3)c2cc1CC(=O)/C=C/CN1CC[C@@H]1CC. The van der Waals surface area contributed by atoms with Gasteiger partial charge in [-0.2, -0.15) is 0 Å². The third kappa shape index (κ3) is 5.54. The van der Waals surface area contributed by atoms with E-state index in [1.807, 2.05) is 25.1 Å². The molecule has 0 radical (unpaired) electrons. The Morgan fingerprint density at radius 2 is 2.15 bits per heavy atom. The van der Waals surface area contributed by atoms with Gasteiger partial charge in [0.05, 0.1) is 17.1 Å². The predicted molar refractivity (Wildman–Crippen MR) is 134 cm³/mol. The molecule has 1 atom stereocenters. The van der Waals surface area contributed by atoms with Crippen LogP contribution in [0.3, 0.4) is 0 Å². The first-order valence-electron chi connectivity index (χ1n) is 11.5. The number of halogens is 2. The molecule has 1 N–H and O–H groups in total. The quantitative estimate of drug-likeness (QED) is 0.373. The fourth-order valence-corrected chi connectivity index (χ4v) is 4.31. The topological polar surface area (TPSA) is 67.4 Å². The molecule has 6 nitrogen and oxygen atoms in total. The number of ether oxygens (including phenoxy) is 1. The van der Waals surface area contributed by atoms with Gasteiger partial charge in [-0.25, -0.2) is 14.4 Å². The van der Waals surface area contributed by atoms with Crippen LogP contribution in [0.15, 0.2) is 48.8 Å². The van der Waals surface area contributed by atoms with Crippen molar-refractivity contribution in [1.29, 1.82) is 0 Å². The van der Waals surface area contributed by atoms with Crippen LogP contribution in [0.5, 0.6) is 5.75 Å². The molecule has 1 fully saturated rings. The number of ketones is 1. The average Bonchev–Trinajstić information content (AvgIpc) is 2.79. The van der Waals surface area contributed by atoms with E-state index >= 15 is 0 Å². The normalized spacial score (nSPS) is 16.1. The van der Waals surface area contributed by atoms with Gasteiger partial charge >= 0.3 is 0 Å². The Kier molecular flexibility index (Phi) is 7.75. The number of anilines is 2. The van der Waals surface area contributed by atoms with Gasteiger partial charge in [0.25, 0.3) is 0 Å². The van der Waals surface area contributed by atoms with E-state index in [2.05, 4.69) is 27.1 Å². The first-order valence-corrected chi connectivity index (χ1v) is 11.9. The molecule has 178 valence electrons. The van der Waals surface area contributed by atoms with Gasteiger partial charge in [-0.3, -0.25) is 9.69 Å². The molecular formula is C26H28ClFN4O2. The molecular weight excluding hydrogens is 455 g/mol. The highest BCUT2D eigenvalue weighted by Crippen LogP contribution is 2.31. The van der Waals surface area contributed by atoms with Crippen molar-refractivity contribution in [2.24, 2.45) is 0 Å². The van der Waals surface area contributed by atoms with E-state index in [9.17, 15) is 9.18 Å². The summed E-state index contributed by atoms with van der Waals surface area (Å²) in [6.07, 6.45) is 7.62. The Bertz CT molecular complexity index is 1210. The fraction of sp³-hybridized carbons (Fsp3) is 0.346. The van der Waals surface area contributed by atoms with Crippen molar-refractivity contribution in [3.63, 3.8) is 0 Å². The lowest BCUT2D eigenvalue weighted by Crippen LogP contribution is -2.47. The summed E-state index contributed by atoms with van der Waals surface area (Å²) in [4.78, 5) is 23.8. The van der Waals surface area contributed by atoms with Gasteiger partial charge in [0.15, 0.2) is 5.78 Å². The molecule has 2 aromatic carbocycles. The molecule has 2 heterocycles. The van der Waals surface area contributed by atoms with E-state index < -0.39 is 5.82 Å². The van der Waals surface area contributed by atoms with E-state index in [0.29, 0.717) is 35.4 Å². The molecule has 1 saturated heterocycles. The van der Waals surface area contributed by atoms with Crippen molar-refractivity contribution in [3.05, 3.63) is 65.2 Å². The number of rotatable bonds is 10. The number of allylic oxidation sites excluding steroid dienone is 1. The number of benzene rings is 2. The van der Waals surface area contributed by atoms with Crippen LogP contribution in [-0.2, 0) is 11.2 Å². The molecule has 0 amide bonds. The van der Waals surface area contributed by atoms with Gasteiger partial charge < -0.3 is 10.1 Å². The van der Waals surface area contributed by atoms with Crippen molar-refractivity contribution >= 4 is 39.8 Å². The molecule has 1 aliphatic rings. The van der Waals surface area contributed by atoms with Crippen molar-refractivity contribution in [2.75, 3.05) is 25.0 Å². The van der Waals surface area contributed by atoms with Gasteiger partial charge in [-0.15, -0.1) is 0 Å². The van der Waals surface area contributed by atoms with Crippen LogP contribution >= 0.6 is 11.6 Å². The van der Waals surface area contributed by atoms with Gasteiger partial charge in [0.2, 0.25) is 0 Å². The van der Waals surface area contributed by atoms with E-state index in [1.54, 1.807) is 12.1 Å². The summed E-state index contributed by atoms with van der Waals surface area (Å²) in [5, 5.41) is 3.91. The Labute approximate surface area is 203 Å². The molecule has 0 aliphatic carbocycles. The van der Waals surface area contributed by atoms with Crippen LogP contribution in [0.1, 0.15) is 32.3 Å². The molecule has 0 unspecified atom stereocenters. The minimum atomic E-state index is -0.491. The van der Waals surface area contributed by atoms with Crippen molar-refractivity contribution in [1.82, 2.24) is 14.9 Å². The lowest BCUT2D eigenvalue weighted by Gasteiger charge is -2.39. The highest BCUT2D eigenvalue weighted by molar-refractivity contribution is 6.31. The summed E-state index contributed by atoms with van der Waals surface area (Å²) in [6, 6.07) is 8.70. The maximum Gasteiger partial charge on any atom is 0.159 e. The summed E-state index contributed by atoms with van der Waals surface area (Å²) >= 11 is 5.92. The number of aromatic nitrogens is 2. The lowest BCUT2D eigenvalue weighted by molar-refractivity contribution is -0.114. The molecule has 3 aromatic rings. The molecule has 4 rings (SSSR count). The number of hydrogen-bond acceptors (Lipinski definition) is 6. The van der Waals surface area contributed by atoms with E-state index in [1.165, 1.54) is 24.9 Å². The second-order valence-electron chi connectivity index (χ2n) is 8.28. The van der Waals surface area contributed by atoms with Crippen molar-refractivity contribution in [2.45, 2.75) is 39.2 Å². The van der Waals surface area contributed by atoms with Crippen LogP contribution in [0, 0.1) is 5.82 Å². The van der Waals surface area contributed by atoms with Crippen molar-refractivity contribution in [3.8, 4) is 5.75 Å². The molecule has 0 spiro atoms. The Morgan fingerprint density at radius 3 is 2.85 bits per heavy atom. The highest BCUT2D eigenvalue weighted by Gasteiger charge is 2.24. The fourth-order valence-electron chi connectivity index (χ4n) is 4.13. The third-order valence-electron chi connectivity index (χ3n) is 6.05. The summed E-state index contributed by atoms with van der Waals surface area (Å²) < 4.78 is 19.3.